The molecule has 45 heavy (non-hydrogen) atoms. The summed E-state index contributed by atoms with van der Waals surface area (Å²) in [5, 5.41) is 3.38. The average molecular weight is 667 g/mol. The molecule has 2 amide bonds. The quantitative estimate of drug-likeness (QED) is 0.177. The van der Waals surface area contributed by atoms with Gasteiger partial charge >= 0.3 is 0 Å². The van der Waals surface area contributed by atoms with Crippen LogP contribution >= 0.6 is 23.2 Å². The van der Waals surface area contributed by atoms with E-state index in [-0.39, 0.29) is 45.5 Å². The van der Waals surface area contributed by atoms with E-state index in [4.69, 9.17) is 23.2 Å². The summed E-state index contributed by atoms with van der Waals surface area (Å²) in [5.41, 5.74) is 3.66. The van der Waals surface area contributed by atoms with Crippen LogP contribution < -0.4 is 9.62 Å². The molecule has 0 aliphatic rings. The smallest absolute Gasteiger partial charge is 0.264 e. The number of carbonyl (C=O) groups is 2. The van der Waals surface area contributed by atoms with E-state index in [9.17, 15) is 18.0 Å². The number of nitrogens with one attached hydrogen (secondary N) is 1. The van der Waals surface area contributed by atoms with Gasteiger partial charge in [-0.1, -0.05) is 101 Å². The van der Waals surface area contributed by atoms with Gasteiger partial charge in [0.25, 0.3) is 10.0 Å². The number of hydrogen-bond acceptors (Lipinski definition) is 4. The molecule has 0 fully saturated rings. The second kappa shape index (κ2) is 15.0. The van der Waals surface area contributed by atoms with Gasteiger partial charge in [0.05, 0.1) is 10.6 Å². The molecule has 0 unspecified atom stereocenters. The number of aryl methyl sites for hydroxylation is 2. The number of amides is 2. The molecule has 4 rings (SSSR count). The molecule has 4 aromatic carbocycles. The van der Waals surface area contributed by atoms with Gasteiger partial charge in [0.15, 0.2) is 0 Å². The molecular weight excluding hydrogens is 629 g/mol. The van der Waals surface area contributed by atoms with Gasteiger partial charge in [0.1, 0.15) is 12.6 Å². The first-order valence-electron chi connectivity index (χ1n) is 14.6. The number of benzene rings is 4. The first kappa shape index (κ1) is 34.0. The SMILES string of the molecule is Cc1ccc(S(=O)(=O)N(CC(=O)N(Cc2cccc(C)c2)[C@@H](Cc2ccccc2)C(=O)NC(C)C)c2cc(Cl)cc(Cl)c2)cc1. The Balaban J connectivity index is 1.83. The zero-order chi connectivity index (χ0) is 32.7. The molecule has 4 aromatic rings. The average Bonchev–Trinajstić information content (AvgIpc) is 2.97. The fourth-order valence-electron chi connectivity index (χ4n) is 4.99. The summed E-state index contributed by atoms with van der Waals surface area (Å²) in [6.07, 6.45) is 0.227. The van der Waals surface area contributed by atoms with Crippen molar-refractivity contribution in [2.24, 2.45) is 0 Å². The van der Waals surface area contributed by atoms with Gasteiger partial charge in [-0.25, -0.2) is 8.42 Å². The third-order valence-corrected chi connectivity index (χ3v) is 9.39. The lowest BCUT2D eigenvalue weighted by molar-refractivity contribution is -0.140. The lowest BCUT2D eigenvalue weighted by Crippen LogP contribution is -2.54. The van der Waals surface area contributed by atoms with Crippen molar-refractivity contribution in [3.63, 3.8) is 0 Å². The van der Waals surface area contributed by atoms with Crippen LogP contribution in [0.5, 0.6) is 0 Å². The highest BCUT2D eigenvalue weighted by Gasteiger charge is 2.35. The molecule has 0 heterocycles. The highest BCUT2D eigenvalue weighted by molar-refractivity contribution is 7.92. The minimum absolute atomic E-state index is 0.000573. The zero-order valence-corrected chi connectivity index (χ0v) is 28.0. The zero-order valence-electron chi connectivity index (χ0n) is 25.7. The monoisotopic (exact) mass is 665 g/mol. The van der Waals surface area contributed by atoms with Gasteiger partial charge in [0, 0.05) is 29.1 Å². The molecule has 0 saturated heterocycles. The lowest BCUT2D eigenvalue weighted by atomic mass is 10.0. The third-order valence-electron chi connectivity index (χ3n) is 7.16. The van der Waals surface area contributed by atoms with Crippen molar-refractivity contribution in [1.82, 2.24) is 10.2 Å². The Bertz CT molecular complexity index is 1730. The third kappa shape index (κ3) is 9.10. The lowest BCUT2D eigenvalue weighted by Gasteiger charge is -2.34. The number of carbonyl (C=O) groups excluding carboxylic acids is 2. The van der Waals surface area contributed by atoms with Crippen LogP contribution in [0.2, 0.25) is 10.0 Å². The van der Waals surface area contributed by atoms with Crippen molar-refractivity contribution in [3.8, 4) is 0 Å². The van der Waals surface area contributed by atoms with Crippen LogP contribution in [0.3, 0.4) is 0 Å². The number of rotatable bonds is 12. The summed E-state index contributed by atoms with van der Waals surface area (Å²) in [7, 11) is -4.27. The Morgan fingerprint density at radius 3 is 2.00 bits per heavy atom. The minimum Gasteiger partial charge on any atom is -0.352 e. The van der Waals surface area contributed by atoms with E-state index < -0.39 is 28.5 Å². The Kier molecular flexibility index (Phi) is 11.3. The fraction of sp³-hybridized carbons (Fsp3) is 0.257. The van der Waals surface area contributed by atoms with Crippen LogP contribution in [-0.2, 0) is 32.6 Å². The molecule has 1 atom stereocenters. The topological polar surface area (TPSA) is 86.8 Å². The van der Waals surface area contributed by atoms with Gasteiger partial charge in [0.2, 0.25) is 11.8 Å². The second-order valence-electron chi connectivity index (χ2n) is 11.3. The van der Waals surface area contributed by atoms with Crippen molar-refractivity contribution in [2.45, 2.75) is 57.6 Å². The van der Waals surface area contributed by atoms with E-state index in [0.717, 1.165) is 26.6 Å². The van der Waals surface area contributed by atoms with Gasteiger partial charge in [-0.15, -0.1) is 0 Å². The van der Waals surface area contributed by atoms with Crippen molar-refractivity contribution >= 4 is 50.7 Å². The number of anilines is 1. The predicted octanol–water partition coefficient (Wildman–Crippen LogP) is 6.97. The maximum Gasteiger partial charge on any atom is 0.264 e. The van der Waals surface area contributed by atoms with E-state index in [1.54, 1.807) is 12.1 Å². The van der Waals surface area contributed by atoms with Crippen molar-refractivity contribution in [1.29, 1.82) is 0 Å². The van der Waals surface area contributed by atoms with Crippen molar-refractivity contribution in [2.75, 3.05) is 10.8 Å². The fourth-order valence-corrected chi connectivity index (χ4v) is 6.90. The summed E-state index contributed by atoms with van der Waals surface area (Å²) < 4.78 is 29.3. The number of halogens is 2. The van der Waals surface area contributed by atoms with Crippen LogP contribution in [0.1, 0.15) is 36.1 Å². The summed E-state index contributed by atoms with van der Waals surface area (Å²) in [5.74, 6) is -0.906. The molecular formula is C35H37Cl2N3O4S. The van der Waals surface area contributed by atoms with Crippen LogP contribution in [0.4, 0.5) is 5.69 Å². The number of sulfonamides is 1. The van der Waals surface area contributed by atoms with Crippen LogP contribution in [0.25, 0.3) is 0 Å². The van der Waals surface area contributed by atoms with Crippen LogP contribution in [0, 0.1) is 13.8 Å². The minimum atomic E-state index is -4.27. The van der Waals surface area contributed by atoms with Crippen LogP contribution in [-0.4, -0.2) is 43.8 Å². The summed E-state index contributed by atoms with van der Waals surface area (Å²) in [6, 6.07) is 26.7. The Morgan fingerprint density at radius 2 is 1.40 bits per heavy atom. The first-order valence-corrected chi connectivity index (χ1v) is 16.8. The summed E-state index contributed by atoms with van der Waals surface area (Å²) in [4.78, 5) is 29.8. The summed E-state index contributed by atoms with van der Waals surface area (Å²) >= 11 is 12.6. The molecule has 10 heteroatoms. The molecule has 0 saturated carbocycles. The second-order valence-corrected chi connectivity index (χ2v) is 14.1. The van der Waals surface area contributed by atoms with E-state index in [0.29, 0.717) is 0 Å². The van der Waals surface area contributed by atoms with Gasteiger partial charge in [-0.3, -0.25) is 13.9 Å². The largest absolute Gasteiger partial charge is 0.352 e. The molecule has 0 aliphatic heterocycles. The van der Waals surface area contributed by atoms with Gasteiger partial charge in [-0.2, -0.15) is 0 Å². The molecule has 0 radical (unpaired) electrons. The maximum atomic E-state index is 14.5. The van der Waals surface area contributed by atoms with Gasteiger partial charge < -0.3 is 10.2 Å². The Labute approximate surface area is 275 Å². The van der Waals surface area contributed by atoms with E-state index >= 15 is 0 Å². The molecule has 0 aliphatic carbocycles. The number of hydrogen-bond donors (Lipinski definition) is 1. The molecule has 1 N–H and O–H groups in total. The normalized spacial score (nSPS) is 12.1. The van der Waals surface area contributed by atoms with Crippen molar-refractivity contribution < 1.29 is 18.0 Å². The maximum absolute atomic E-state index is 14.5. The molecule has 7 nitrogen and oxygen atoms in total. The van der Waals surface area contributed by atoms with E-state index in [1.807, 2.05) is 82.3 Å². The molecule has 0 bridgehead atoms. The van der Waals surface area contributed by atoms with E-state index in [1.165, 1.54) is 35.2 Å². The molecule has 0 aromatic heterocycles. The molecule has 236 valence electrons. The standard InChI is InChI=1S/C35H37Cl2N3O4S/c1-24(2)38-35(42)33(18-27-10-6-5-7-11-27)39(22-28-12-8-9-26(4)17-28)34(41)23-40(31-20-29(36)19-30(37)21-31)45(43,44)32-15-13-25(3)14-16-32/h5-17,19-21,24,33H,18,22-23H2,1-4H3,(H,38,42)/t33-/m0/s1. The predicted molar refractivity (Wildman–Crippen MR) is 181 cm³/mol. The Morgan fingerprint density at radius 1 is 0.778 bits per heavy atom. The highest BCUT2D eigenvalue weighted by atomic mass is 35.5. The van der Waals surface area contributed by atoms with Gasteiger partial charge in [-0.05, 0) is 69.2 Å². The molecule has 0 spiro atoms. The summed E-state index contributed by atoms with van der Waals surface area (Å²) in [6.45, 7) is 6.98. The van der Waals surface area contributed by atoms with Crippen LogP contribution in [0.15, 0.2) is 102 Å². The highest BCUT2D eigenvalue weighted by Crippen LogP contribution is 2.30. The van der Waals surface area contributed by atoms with Crippen molar-refractivity contribution in [3.05, 3.63) is 129 Å². The van der Waals surface area contributed by atoms with E-state index in [2.05, 4.69) is 5.32 Å². The Hall–Kier alpha value is -3.85. The number of nitrogens with zero attached hydrogens (tertiary/aromatic N) is 2. The first-order chi connectivity index (χ1) is 21.3.